The number of anilines is 1. The fourth-order valence-corrected chi connectivity index (χ4v) is 3.59. The molecule has 4 heteroatoms. The second-order valence-electron chi connectivity index (χ2n) is 6.50. The van der Waals surface area contributed by atoms with Gasteiger partial charge < -0.3 is 15.1 Å². The van der Waals surface area contributed by atoms with Crippen LogP contribution in [-0.2, 0) is 6.42 Å². The lowest BCUT2D eigenvalue weighted by Crippen LogP contribution is -2.41. The van der Waals surface area contributed by atoms with Crippen LogP contribution in [0.4, 0.5) is 5.69 Å². The van der Waals surface area contributed by atoms with Crippen molar-refractivity contribution in [3.05, 3.63) is 29.8 Å². The maximum atomic E-state index is 4.96. The van der Waals surface area contributed by atoms with Crippen molar-refractivity contribution in [1.82, 2.24) is 10.2 Å². The Kier molecular flexibility index (Phi) is 4.98. The van der Waals surface area contributed by atoms with Crippen molar-refractivity contribution in [3.8, 4) is 0 Å². The number of fused-ring (bicyclic) bond motifs is 1. The Hall–Kier alpha value is -1.55. The largest absolute Gasteiger partial charge is 0.356 e. The first-order valence-electron chi connectivity index (χ1n) is 8.60. The topological polar surface area (TPSA) is 30.9 Å². The molecule has 0 aromatic heterocycles. The van der Waals surface area contributed by atoms with Crippen molar-refractivity contribution in [2.24, 2.45) is 10.9 Å². The highest BCUT2D eigenvalue weighted by molar-refractivity contribution is 5.97. The van der Waals surface area contributed by atoms with Crippen LogP contribution in [-0.4, -0.2) is 50.6 Å². The Bertz CT molecular complexity index is 526. The first kappa shape index (κ1) is 15.3. The molecular formula is C18H28N4. The molecule has 1 N–H and O–H groups in total. The predicted octanol–water partition coefficient (Wildman–Crippen LogP) is 2.36. The summed E-state index contributed by atoms with van der Waals surface area (Å²) in [5.74, 6) is 1.76. The van der Waals surface area contributed by atoms with Gasteiger partial charge in [-0.25, -0.2) is 0 Å². The van der Waals surface area contributed by atoms with Crippen LogP contribution in [0.3, 0.4) is 0 Å². The maximum Gasteiger partial charge on any atom is 0.198 e. The monoisotopic (exact) mass is 300 g/mol. The Morgan fingerprint density at radius 1 is 1.32 bits per heavy atom. The molecule has 1 aromatic rings. The molecule has 4 nitrogen and oxygen atoms in total. The van der Waals surface area contributed by atoms with E-state index in [0.29, 0.717) is 5.92 Å². The summed E-state index contributed by atoms with van der Waals surface area (Å²) >= 11 is 0. The van der Waals surface area contributed by atoms with Crippen LogP contribution in [0.1, 0.15) is 25.3 Å². The Morgan fingerprint density at radius 3 is 3.00 bits per heavy atom. The second kappa shape index (κ2) is 7.14. The summed E-state index contributed by atoms with van der Waals surface area (Å²) in [4.78, 5) is 9.74. The van der Waals surface area contributed by atoms with Gasteiger partial charge in [-0.3, -0.25) is 4.99 Å². The summed E-state index contributed by atoms with van der Waals surface area (Å²) in [6.07, 6.45) is 3.73. The van der Waals surface area contributed by atoms with Crippen LogP contribution < -0.4 is 10.2 Å². The minimum atomic E-state index is 0.699. The van der Waals surface area contributed by atoms with Gasteiger partial charge in [-0.15, -0.1) is 0 Å². The number of guanidine groups is 1. The normalized spacial score (nSPS) is 22.7. The summed E-state index contributed by atoms with van der Waals surface area (Å²) in [5, 5.41) is 3.48. The predicted molar refractivity (Wildman–Crippen MR) is 93.7 cm³/mol. The lowest BCUT2D eigenvalue weighted by atomic mass is 9.99. The first-order chi connectivity index (χ1) is 10.8. The number of nitrogens with zero attached hydrogens (tertiary/aromatic N) is 3. The number of hydrogen-bond acceptors (Lipinski definition) is 2. The third-order valence-electron chi connectivity index (χ3n) is 4.70. The molecule has 0 aliphatic carbocycles. The minimum absolute atomic E-state index is 0.699. The number of piperidine rings is 1. The smallest absolute Gasteiger partial charge is 0.198 e. The summed E-state index contributed by atoms with van der Waals surface area (Å²) in [5.41, 5.74) is 2.76. The van der Waals surface area contributed by atoms with Gasteiger partial charge in [0.05, 0.1) is 0 Å². The molecule has 0 saturated carbocycles. The van der Waals surface area contributed by atoms with Crippen molar-refractivity contribution in [2.45, 2.75) is 26.2 Å². The molecule has 2 heterocycles. The van der Waals surface area contributed by atoms with Crippen molar-refractivity contribution in [1.29, 1.82) is 0 Å². The molecule has 2 aliphatic rings. The van der Waals surface area contributed by atoms with Crippen LogP contribution in [0.2, 0.25) is 0 Å². The van der Waals surface area contributed by atoms with Gasteiger partial charge in [0.15, 0.2) is 5.96 Å². The van der Waals surface area contributed by atoms with Gasteiger partial charge in [-0.1, -0.05) is 18.2 Å². The summed E-state index contributed by atoms with van der Waals surface area (Å²) < 4.78 is 0. The zero-order valence-corrected chi connectivity index (χ0v) is 13.9. The summed E-state index contributed by atoms with van der Waals surface area (Å²) in [7, 11) is 2.22. The molecule has 1 fully saturated rings. The lowest BCUT2D eigenvalue weighted by molar-refractivity contribution is 0.214. The van der Waals surface area contributed by atoms with Crippen molar-refractivity contribution < 1.29 is 0 Å². The van der Waals surface area contributed by atoms with Crippen LogP contribution in [0, 0.1) is 5.92 Å². The molecule has 2 aliphatic heterocycles. The number of hydrogen-bond donors (Lipinski definition) is 1. The summed E-state index contributed by atoms with van der Waals surface area (Å²) in [6, 6.07) is 8.69. The third kappa shape index (κ3) is 3.43. The molecule has 1 aromatic carbocycles. The van der Waals surface area contributed by atoms with E-state index >= 15 is 0 Å². The van der Waals surface area contributed by atoms with Gasteiger partial charge in [0.25, 0.3) is 0 Å². The number of nitrogens with one attached hydrogen (secondary N) is 1. The fourth-order valence-electron chi connectivity index (χ4n) is 3.59. The Balaban J connectivity index is 1.71. The van der Waals surface area contributed by atoms with Gasteiger partial charge in [0, 0.05) is 31.9 Å². The molecule has 1 unspecified atom stereocenters. The minimum Gasteiger partial charge on any atom is -0.356 e. The molecule has 1 atom stereocenters. The molecule has 120 valence electrons. The quantitative estimate of drug-likeness (QED) is 0.687. The van der Waals surface area contributed by atoms with Gasteiger partial charge in [-0.2, -0.15) is 0 Å². The average molecular weight is 300 g/mol. The Labute approximate surface area is 134 Å². The SMILES string of the molecule is CCNC(=NCC1CCCN(C)C1)N1CCc2ccccc21. The lowest BCUT2D eigenvalue weighted by Gasteiger charge is -2.29. The number of benzene rings is 1. The zero-order valence-electron chi connectivity index (χ0n) is 13.9. The van der Waals surface area contributed by atoms with Crippen LogP contribution >= 0.6 is 0 Å². The molecular weight excluding hydrogens is 272 g/mol. The van der Waals surface area contributed by atoms with Gasteiger partial charge in [0.2, 0.25) is 0 Å². The molecule has 3 rings (SSSR count). The fraction of sp³-hybridized carbons (Fsp3) is 0.611. The van der Waals surface area contributed by atoms with Gasteiger partial charge >= 0.3 is 0 Å². The standard InChI is InChI=1S/C18H28N4/c1-3-19-18(20-13-15-7-6-11-21(2)14-15)22-12-10-16-8-4-5-9-17(16)22/h4-5,8-9,15H,3,6-7,10-14H2,1-2H3,(H,19,20). The van der Waals surface area contributed by atoms with Crippen molar-refractivity contribution in [3.63, 3.8) is 0 Å². The second-order valence-corrected chi connectivity index (χ2v) is 6.50. The average Bonchev–Trinajstić information content (AvgIpc) is 2.95. The highest BCUT2D eigenvalue weighted by atomic mass is 15.3. The van der Waals surface area contributed by atoms with Crippen LogP contribution in [0.5, 0.6) is 0 Å². The zero-order chi connectivity index (χ0) is 15.4. The van der Waals surface area contributed by atoms with Gasteiger partial charge in [-0.05, 0) is 57.3 Å². The van der Waals surface area contributed by atoms with Crippen LogP contribution in [0.25, 0.3) is 0 Å². The van der Waals surface area contributed by atoms with Crippen LogP contribution in [0.15, 0.2) is 29.3 Å². The van der Waals surface area contributed by atoms with E-state index in [1.165, 1.54) is 37.2 Å². The van der Waals surface area contributed by atoms with E-state index in [1.54, 1.807) is 0 Å². The van der Waals surface area contributed by atoms with Crippen molar-refractivity contribution in [2.75, 3.05) is 44.7 Å². The Morgan fingerprint density at radius 2 is 2.18 bits per heavy atom. The van der Waals surface area contributed by atoms with E-state index < -0.39 is 0 Å². The molecule has 0 radical (unpaired) electrons. The third-order valence-corrected chi connectivity index (χ3v) is 4.70. The van der Waals surface area contributed by atoms with Gasteiger partial charge in [0.1, 0.15) is 0 Å². The van der Waals surface area contributed by atoms with E-state index in [2.05, 4.69) is 53.4 Å². The van der Waals surface area contributed by atoms with Crippen molar-refractivity contribution >= 4 is 11.6 Å². The molecule has 1 saturated heterocycles. The first-order valence-corrected chi connectivity index (χ1v) is 8.60. The molecule has 0 bridgehead atoms. The highest BCUT2D eigenvalue weighted by Gasteiger charge is 2.23. The van der Waals surface area contributed by atoms with E-state index in [9.17, 15) is 0 Å². The summed E-state index contributed by atoms with van der Waals surface area (Å²) in [6.45, 7) is 7.45. The van der Waals surface area contributed by atoms with E-state index in [-0.39, 0.29) is 0 Å². The number of para-hydroxylation sites is 1. The molecule has 0 spiro atoms. The number of rotatable bonds is 3. The molecule has 0 amide bonds. The number of likely N-dealkylation sites (tertiary alicyclic amines) is 1. The number of aliphatic imine (C=N–C) groups is 1. The van der Waals surface area contributed by atoms with E-state index in [4.69, 9.17) is 4.99 Å². The van der Waals surface area contributed by atoms with E-state index in [1.807, 2.05) is 0 Å². The highest BCUT2D eigenvalue weighted by Crippen LogP contribution is 2.27. The molecule has 22 heavy (non-hydrogen) atoms. The maximum absolute atomic E-state index is 4.96. The van der Waals surface area contributed by atoms with E-state index in [0.717, 1.165) is 32.0 Å².